The van der Waals surface area contributed by atoms with Gasteiger partial charge in [0.1, 0.15) is 0 Å². The number of nitrogens with one attached hydrogen (secondary N) is 1. The summed E-state index contributed by atoms with van der Waals surface area (Å²) in [5.41, 5.74) is 1.77. The summed E-state index contributed by atoms with van der Waals surface area (Å²) in [6.07, 6.45) is 11.2. The summed E-state index contributed by atoms with van der Waals surface area (Å²) >= 11 is 0. The molecule has 4 rings (SSSR count). The molecule has 2 heteroatoms. The van der Waals surface area contributed by atoms with Gasteiger partial charge in [-0.05, 0) is 57.0 Å². The van der Waals surface area contributed by atoms with E-state index in [1.165, 1.54) is 58.2 Å². The van der Waals surface area contributed by atoms with Gasteiger partial charge in [-0.15, -0.1) is 0 Å². The Morgan fingerprint density at radius 3 is 3.24 bits per heavy atom. The van der Waals surface area contributed by atoms with E-state index in [0.29, 0.717) is 0 Å². The fourth-order valence-corrected chi connectivity index (χ4v) is 4.80. The first-order valence-corrected chi connectivity index (χ1v) is 7.60. The van der Waals surface area contributed by atoms with Crippen molar-refractivity contribution in [3.05, 3.63) is 11.6 Å². The Kier molecular flexibility index (Phi) is 2.55. The molecule has 17 heavy (non-hydrogen) atoms. The van der Waals surface area contributed by atoms with E-state index in [9.17, 15) is 0 Å². The van der Waals surface area contributed by atoms with Crippen LogP contribution >= 0.6 is 0 Å². The van der Waals surface area contributed by atoms with Crippen LogP contribution in [-0.2, 0) is 0 Å². The molecular weight excluding hydrogens is 208 g/mol. The van der Waals surface area contributed by atoms with Gasteiger partial charge in [-0.2, -0.15) is 0 Å². The zero-order valence-electron chi connectivity index (χ0n) is 10.7. The second-order valence-corrected chi connectivity index (χ2v) is 6.49. The summed E-state index contributed by atoms with van der Waals surface area (Å²) in [6.45, 7) is 3.98. The lowest BCUT2D eigenvalue weighted by atomic mass is 9.68. The summed E-state index contributed by atoms with van der Waals surface area (Å²) < 4.78 is 0. The van der Waals surface area contributed by atoms with Gasteiger partial charge in [0.25, 0.3) is 0 Å². The smallest absolute Gasteiger partial charge is 0.0320 e. The van der Waals surface area contributed by atoms with Crippen molar-refractivity contribution in [1.82, 2.24) is 10.2 Å². The molecule has 1 aliphatic carbocycles. The fraction of sp³-hybridized carbons (Fsp3) is 0.867. The highest BCUT2D eigenvalue weighted by atomic mass is 15.2. The second-order valence-electron chi connectivity index (χ2n) is 6.49. The molecule has 1 N–H and O–H groups in total. The van der Waals surface area contributed by atoms with Gasteiger partial charge in [-0.3, -0.25) is 4.90 Å². The number of rotatable bonds is 0. The van der Waals surface area contributed by atoms with Gasteiger partial charge in [0, 0.05) is 18.6 Å². The van der Waals surface area contributed by atoms with E-state index in [-0.39, 0.29) is 0 Å². The van der Waals surface area contributed by atoms with Crippen LogP contribution in [0.1, 0.15) is 38.5 Å². The molecule has 2 bridgehead atoms. The first-order valence-electron chi connectivity index (χ1n) is 7.60. The lowest BCUT2D eigenvalue weighted by Gasteiger charge is -2.52. The molecule has 3 aliphatic heterocycles. The van der Waals surface area contributed by atoms with Gasteiger partial charge in [0.2, 0.25) is 0 Å². The van der Waals surface area contributed by atoms with Crippen molar-refractivity contribution in [3.8, 4) is 0 Å². The standard InChI is InChI=1S/C15H24N2/c1-2-7-17-10-13-9-12(14(17)5-1)8-11-4-3-6-16-15(11)13/h8,12-16H,1-7,9-10H2/t12-,13-,14-,15+/m0/s1. The first-order chi connectivity index (χ1) is 8.42. The van der Waals surface area contributed by atoms with Crippen molar-refractivity contribution in [2.45, 2.75) is 50.6 Å². The maximum Gasteiger partial charge on any atom is 0.0320 e. The van der Waals surface area contributed by atoms with Gasteiger partial charge in [0.05, 0.1) is 0 Å². The molecule has 0 unspecified atom stereocenters. The Labute approximate surface area is 104 Å². The van der Waals surface area contributed by atoms with Crippen molar-refractivity contribution in [2.24, 2.45) is 11.8 Å². The van der Waals surface area contributed by atoms with Crippen molar-refractivity contribution >= 4 is 0 Å². The average molecular weight is 232 g/mol. The van der Waals surface area contributed by atoms with Crippen LogP contribution in [0.3, 0.4) is 0 Å². The molecule has 3 fully saturated rings. The van der Waals surface area contributed by atoms with Gasteiger partial charge in [-0.1, -0.05) is 18.1 Å². The second kappa shape index (κ2) is 4.10. The van der Waals surface area contributed by atoms with Crippen LogP contribution in [0.4, 0.5) is 0 Å². The minimum atomic E-state index is 0.739. The molecule has 3 saturated heterocycles. The van der Waals surface area contributed by atoms with Gasteiger partial charge >= 0.3 is 0 Å². The SMILES string of the molecule is C1=C2CCCN[C@H]2[C@H]2C[C@H]1[C@@H]1CCCCN1C2. The first kappa shape index (κ1) is 10.6. The third-order valence-corrected chi connectivity index (χ3v) is 5.51. The molecule has 4 atom stereocenters. The largest absolute Gasteiger partial charge is 0.310 e. The highest BCUT2D eigenvalue weighted by Crippen LogP contribution is 2.42. The predicted molar refractivity (Wildman–Crippen MR) is 69.9 cm³/mol. The zero-order chi connectivity index (χ0) is 11.2. The number of piperidine rings is 3. The van der Waals surface area contributed by atoms with Crippen LogP contribution in [0.25, 0.3) is 0 Å². The Bertz CT molecular complexity index is 336. The average Bonchev–Trinajstić information content (AvgIpc) is 2.39. The number of nitrogens with zero attached hydrogens (tertiary/aromatic N) is 1. The number of fused-ring (bicyclic) bond motifs is 6. The quantitative estimate of drug-likeness (QED) is 0.644. The summed E-state index contributed by atoms with van der Waals surface area (Å²) in [6, 6.07) is 1.64. The van der Waals surface area contributed by atoms with Crippen LogP contribution in [-0.4, -0.2) is 36.6 Å². The van der Waals surface area contributed by atoms with E-state index < -0.39 is 0 Å². The molecule has 3 heterocycles. The fourth-order valence-electron chi connectivity index (χ4n) is 4.80. The van der Waals surface area contributed by atoms with E-state index >= 15 is 0 Å². The third kappa shape index (κ3) is 1.68. The summed E-state index contributed by atoms with van der Waals surface area (Å²) in [4.78, 5) is 2.81. The molecule has 0 spiro atoms. The minimum Gasteiger partial charge on any atom is -0.310 e. The van der Waals surface area contributed by atoms with E-state index in [1.807, 2.05) is 0 Å². The Morgan fingerprint density at radius 1 is 1.24 bits per heavy atom. The number of hydrogen-bond acceptors (Lipinski definition) is 2. The van der Waals surface area contributed by atoms with E-state index in [1.54, 1.807) is 5.57 Å². The van der Waals surface area contributed by atoms with Crippen LogP contribution < -0.4 is 5.32 Å². The maximum absolute atomic E-state index is 3.78. The lowest BCUT2D eigenvalue weighted by molar-refractivity contribution is 0.0271. The Balaban J connectivity index is 1.64. The molecule has 94 valence electrons. The van der Waals surface area contributed by atoms with Crippen molar-refractivity contribution in [1.29, 1.82) is 0 Å². The molecule has 0 aromatic heterocycles. The van der Waals surface area contributed by atoms with E-state index in [4.69, 9.17) is 0 Å². The molecule has 0 saturated carbocycles. The van der Waals surface area contributed by atoms with Crippen LogP contribution in [0, 0.1) is 11.8 Å². The van der Waals surface area contributed by atoms with Crippen LogP contribution in [0.15, 0.2) is 11.6 Å². The summed E-state index contributed by atoms with van der Waals surface area (Å²) in [5.74, 6) is 1.80. The lowest BCUT2D eigenvalue weighted by Crippen LogP contribution is -2.58. The highest BCUT2D eigenvalue weighted by molar-refractivity contribution is 5.23. The Hall–Kier alpha value is -0.340. The topological polar surface area (TPSA) is 15.3 Å². The summed E-state index contributed by atoms with van der Waals surface area (Å²) in [5, 5.41) is 3.78. The van der Waals surface area contributed by atoms with Gasteiger partial charge in [0.15, 0.2) is 0 Å². The highest BCUT2D eigenvalue weighted by Gasteiger charge is 2.43. The van der Waals surface area contributed by atoms with Crippen molar-refractivity contribution < 1.29 is 0 Å². The van der Waals surface area contributed by atoms with E-state index in [2.05, 4.69) is 16.3 Å². The number of hydrogen-bond donors (Lipinski definition) is 1. The normalized spacial score (nSPS) is 45.8. The van der Waals surface area contributed by atoms with Crippen molar-refractivity contribution in [2.75, 3.05) is 19.6 Å². The Morgan fingerprint density at radius 2 is 2.24 bits per heavy atom. The van der Waals surface area contributed by atoms with Gasteiger partial charge in [-0.25, -0.2) is 0 Å². The minimum absolute atomic E-state index is 0.739. The van der Waals surface area contributed by atoms with Crippen LogP contribution in [0.2, 0.25) is 0 Å². The molecular formula is C15H24N2. The molecule has 0 aromatic rings. The van der Waals surface area contributed by atoms with Crippen molar-refractivity contribution in [3.63, 3.8) is 0 Å². The van der Waals surface area contributed by atoms with Gasteiger partial charge < -0.3 is 5.32 Å². The third-order valence-electron chi connectivity index (χ3n) is 5.51. The predicted octanol–water partition coefficient (Wildman–Crippen LogP) is 2.17. The van der Waals surface area contributed by atoms with E-state index in [0.717, 1.165) is 23.9 Å². The van der Waals surface area contributed by atoms with Crippen LogP contribution in [0.5, 0.6) is 0 Å². The summed E-state index contributed by atoms with van der Waals surface area (Å²) in [7, 11) is 0. The molecule has 2 nitrogen and oxygen atoms in total. The molecule has 0 aromatic carbocycles. The molecule has 0 radical (unpaired) electrons. The monoisotopic (exact) mass is 232 g/mol. The maximum atomic E-state index is 3.78. The zero-order valence-corrected chi connectivity index (χ0v) is 10.7. The molecule has 0 amide bonds. The molecule has 4 aliphatic rings.